The number of hydrogen-bond donors (Lipinski definition) is 2. The Morgan fingerprint density at radius 3 is 2.00 bits per heavy atom. The lowest BCUT2D eigenvalue weighted by molar-refractivity contribution is -0.689. The molecule has 7 heteroatoms. The second-order valence-electron chi connectivity index (χ2n) is 10.4. The van der Waals surface area contributed by atoms with E-state index in [-0.39, 0.29) is 6.03 Å². The highest BCUT2D eigenvalue weighted by molar-refractivity contribution is 7.09. The summed E-state index contributed by atoms with van der Waals surface area (Å²) in [6, 6.07) is 13.1. The highest BCUT2D eigenvalue weighted by Crippen LogP contribution is 2.30. The number of rotatable bonds is 19. The van der Waals surface area contributed by atoms with Crippen LogP contribution in [0.2, 0.25) is 0 Å². The van der Waals surface area contributed by atoms with Crippen molar-refractivity contribution in [2.45, 2.75) is 97.4 Å². The number of carbonyl (C=O) groups excluding carboxylic acids is 1. The number of aromatic nitrogens is 1. The Balaban J connectivity index is 1.32. The molecule has 0 atom stereocenters. The zero-order chi connectivity index (χ0) is 28.4. The summed E-state index contributed by atoms with van der Waals surface area (Å²) in [5, 5.41) is 9.12. The summed E-state index contributed by atoms with van der Waals surface area (Å²) in [7, 11) is 1.62. The number of urea groups is 1. The maximum atomic E-state index is 12.6. The number of amides is 2. The van der Waals surface area contributed by atoms with E-state index in [1.807, 2.05) is 36.4 Å². The number of unbranched alkanes of at least 4 members (excludes halogenated alkanes) is 11. The van der Waals surface area contributed by atoms with Gasteiger partial charge in [0.2, 0.25) is 5.01 Å². The molecule has 0 aliphatic carbocycles. The van der Waals surface area contributed by atoms with Gasteiger partial charge in [0.15, 0.2) is 24.2 Å². The summed E-state index contributed by atoms with van der Waals surface area (Å²) in [5.74, 6) is 1.31. The smallest absolute Gasteiger partial charge is 0.323 e. The quantitative estimate of drug-likeness (QED) is 0.112. The minimum absolute atomic E-state index is 0.303. The minimum Gasteiger partial charge on any atom is -0.493 e. The predicted molar refractivity (Wildman–Crippen MR) is 167 cm³/mol. The fourth-order valence-electron chi connectivity index (χ4n) is 4.71. The van der Waals surface area contributed by atoms with Crippen LogP contribution < -0.4 is 24.7 Å². The van der Waals surface area contributed by atoms with Crippen LogP contribution in [0.15, 0.2) is 54.0 Å². The summed E-state index contributed by atoms with van der Waals surface area (Å²) < 4.78 is 13.7. The third kappa shape index (κ3) is 11.6. The molecule has 3 aromatic rings. The number of aryl methyl sites for hydroxylation is 1. The van der Waals surface area contributed by atoms with Gasteiger partial charge < -0.3 is 20.1 Å². The fraction of sp³-hybridized carbons (Fsp3) is 0.515. The molecule has 2 N–H and O–H groups in total. The van der Waals surface area contributed by atoms with E-state index in [4.69, 9.17) is 9.47 Å². The Morgan fingerprint density at radius 1 is 0.800 bits per heavy atom. The molecule has 1 aromatic heterocycles. The Kier molecular flexibility index (Phi) is 14.4. The molecule has 1 heterocycles. The molecule has 0 radical (unpaired) electrons. The van der Waals surface area contributed by atoms with Crippen LogP contribution in [0.1, 0.15) is 94.5 Å². The van der Waals surface area contributed by atoms with Gasteiger partial charge in [-0.25, -0.2) is 4.79 Å². The monoisotopic (exact) mass is 566 g/mol. The largest absolute Gasteiger partial charge is 0.493 e. The van der Waals surface area contributed by atoms with Gasteiger partial charge in [0.05, 0.1) is 19.1 Å². The zero-order valence-electron chi connectivity index (χ0n) is 24.7. The molecule has 0 unspecified atom stereocenters. The summed E-state index contributed by atoms with van der Waals surface area (Å²) in [5.41, 5.74) is 2.57. The predicted octanol–water partition coefficient (Wildman–Crippen LogP) is 9.12. The van der Waals surface area contributed by atoms with Crippen molar-refractivity contribution >= 4 is 28.7 Å². The molecule has 2 amide bonds. The third-order valence-electron chi connectivity index (χ3n) is 7.13. The summed E-state index contributed by atoms with van der Waals surface area (Å²) in [4.78, 5) is 12.6. The van der Waals surface area contributed by atoms with E-state index in [1.54, 1.807) is 24.5 Å². The standard InChI is InChI=1S/C33H47N3O3S/c1-4-5-6-7-8-9-10-11-12-13-14-15-23-39-31-21-20-30(25-32(31)38-3)35-33(37)34-29-18-16-28(17-19-29)26-36-22-24-40-27(36)2/h16-22,24-25H,4-15,23,26H2,1-3H3,(H-,34,35,37)/p+1. The molecule has 0 spiro atoms. The van der Waals surface area contributed by atoms with E-state index >= 15 is 0 Å². The van der Waals surface area contributed by atoms with Crippen LogP contribution in [0.3, 0.4) is 0 Å². The number of benzene rings is 2. The molecule has 0 aliphatic heterocycles. The van der Waals surface area contributed by atoms with Gasteiger partial charge in [0, 0.05) is 29.9 Å². The van der Waals surface area contributed by atoms with E-state index < -0.39 is 0 Å². The Hall–Kier alpha value is -3.06. The maximum absolute atomic E-state index is 12.6. The topological polar surface area (TPSA) is 63.5 Å². The zero-order valence-corrected chi connectivity index (χ0v) is 25.5. The van der Waals surface area contributed by atoms with Crippen molar-refractivity contribution in [3.63, 3.8) is 0 Å². The fourth-order valence-corrected chi connectivity index (χ4v) is 5.38. The van der Waals surface area contributed by atoms with Crippen molar-refractivity contribution in [2.75, 3.05) is 24.4 Å². The Bertz CT molecular complexity index is 1130. The number of ether oxygens (including phenoxy) is 2. The van der Waals surface area contributed by atoms with Crippen LogP contribution in [-0.4, -0.2) is 19.7 Å². The molecule has 40 heavy (non-hydrogen) atoms. The van der Waals surface area contributed by atoms with Gasteiger partial charge in [-0.15, -0.1) is 0 Å². The van der Waals surface area contributed by atoms with Gasteiger partial charge >= 0.3 is 6.03 Å². The van der Waals surface area contributed by atoms with Crippen LogP contribution in [-0.2, 0) is 6.54 Å². The normalized spacial score (nSPS) is 10.9. The van der Waals surface area contributed by atoms with Gasteiger partial charge in [-0.3, -0.25) is 0 Å². The first-order chi connectivity index (χ1) is 19.6. The average molecular weight is 567 g/mol. The van der Waals surface area contributed by atoms with Gasteiger partial charge in [-0.2, -0.15) is 4.57 Å². The number of carbonyl (C=O) groups is 1. The maximum Gasteiger partial charge on any atom is 0.323 e. The van der Waals surface area contributed by atoms with Crippen molar-refractivity contribution in [1.82, 2.24) is 0 Å². The van der Waals surface area contributed by atoms with Crippen molar-refractivity contribution in [2.24, 2.45) is 0 Å². The van der Waals surface area contributed by atoms with Crippen molar-refractivity contribution in [3.8, 4) is 11.5 Å². The van der Waals surface area contributed by atoms with Crippen LogP contribution in [0.25, 0.3) is 0 Å². The molecular formula is C33H48N3O3S+. The lowest BCUT2D eigenvalue weighted by atomic mass is 10.1. The first kappa shape index (κ1) is 31.5. The van der Waals surface area contributed by atoms with E-state index in [0.717, 1.165) is 18.7 Å². The van der Waals surface area contributed by atoms with Crippen molar-refractivity contribution in [1.29, 1.82) is 0 Å². The molecule has 0 saturated heterocycles. The van der Waals surface area contributed by atoms with Crippen molar-refractivity contribution in [3.05, 3.63) is 64.6 Å². The summed E-state index contributed by atoms with van der Waals surface area (Å²) in [6.07, 6.45) is 17.9. The summed E-state index contributed by atoms with van der Waals surface area (Å²) >= 11 is 1.73. The molecular weight excluding hydrogens is 518 g/mol. The van der Waals surface area contributed by atoms with Gasteiger partial charge in [0.25, 0.3) is 0 Å². The van der Waals surface area contributed by atoms with Crippen LogP contribution in [0.5, 0.6) is 11.5 Å². The highest BCUT2D eigenvalue weighted by atomic mass is 32.1. The van der Waals surface area contributed by atoms with Crippen LogP contribution in [0, 0.1) is 6.92 Å². The van der Waals surface area contributed by atoms with Crippen LogP contribution >= 0.6 is 11.3 Å². The lowest BCUT2D eigenvalue weighted by Gasteiger charge is -2.13. The molecule has 6 nitrogen and oxygen atoms in total. The van der Waals surface area contributed by atoms with Gasteiger partial charge in [0.1, 0.15) is 0 Å². The molecule has 218 valence electrons. The number of anilines is 2. The molecule has 0 aliphatic rings. The summed E-state index contributed by atoms with van der Waals surface area (Å²) in [6.45, 7) is 5.86. The number of thiazole rings is 1. The van der Waals surface area contributed by atoms with Gasteiger partial charge in [-0.05, 0) is 30.7 Å². The van der Waals surface area contributed by atoms with Crippen LogP contribution in [0.4, 0.5) is 16.2 Å². The average Bonchev–Trinajstić information content (AvgIpc) is 3.36. The number of nitrogens with zero attached hydrogens (tertiary/aromatic N) is 1. The van der Waals surface area contributed by atoms with E-state index in [9.17, 15) is 4.79 Å². The Labute approximate surface area is 245 Å². The van der Waals surface area contributed by atoms with E-state index in [0.29, 0.717) is 23.8 Å². The highest BCUT2D eigenvalue weighted by Gasteiger charge is 2.11. The molecule has 0 fully saturated rings. The second-order valence-corrected chi connectivity index (χ2v) is 11.5. The SMILES string of the molecule is CCCCCCCCCCCCCCOc1ccc(NC(=O)Nc2ccc(C[n+]3ccsc3C)cc2)cc1OC. The lowest BCUT2D eigenvalue weighted by Crippen LogP contribution is -2.34. The Morgan fingerprint density at radius 2 is 1.40 bits per heavy atom. The molecule has 2 aromatic carbocycles. The third-order valence-corrected chi connectivity index (χ3v) is 7.96. The van der Waals surface area contributed by atoms with Gasteiger partial charge in [-0.1, -0.05) is 101 Å². The molecule has 0 saturated carbocycles. The number of methoxy groups -OCH3 is 1. The molecule has 3 rings (SSSR count). The number of hydrogen-bond acceptors (Lipinski definition) is 4. The van der Waals surface area contributed by atoms with E-state index in [2.05, 4.69) is 40.6 Å². The number of nitrogens with one attached hydrogen (secondary N) is 2. The minimum atomic E-state index is -0.303. The van der Waals surface area contributed by atoms with E-state index in [1.165, 1.54) is 81.2 Å². The second kappa shape index (κ2) is 18.3. The van der Waals surface area contributed by atoms with Crippen molar-refractivity contribution < 1.29 is 18.8 Å². The first-order valence-electron chi connectivity index (χ1n) is 15.0. The molecule has 0 bridgehead atoms. The first-order valence-corrected chi connectivity index (χ1v) is 15.9.